The number of aromatic nitrogens is 6. The van der Waals surface area contributed by atoms with E-state index in [1.165, 1.54) is 18.2 Å². The number of hydrogen-bond donors (Lipinski definition) is 1. The molecular weight excluding hydrogens is 1170 g/mol. The first-order chi connectivity index (χ1) is 40.4. The summed E-state index contributed by atoms with van der Waals surface area (Å²) in [5, 5.41) is 32.2. The van der Waals surface area contributed by atoms with E-state index in [1.807, 2.05) is 87.4 Å². The lowest BCUT2D eigenvalue weighted by Gasteiger charge is -2.19. The first-order valence-corrected chi connectivity index (χ1v) is 29.5. The Labute approximate surface area is 504 Å². The molecule has 0 aliphatic heterocycles. The predicted molar refractivity (Wildman–Crippen MR) is 303 cm³/mol. The summed E-state index contributed by atoms with van der Waals surface area (Å²) in [6, 6.07) is 9.32. The number of carboxylic acids is 1. The van der Waals surface area contributed by atoms with Gasteiger partial charge in [0.2, 0.25) is 34.6 Å². The van der Waals surface area contributed by atoms with Gasteiger partial charge in [-0.3, -0.25) is 14.4 Å². The number of halogens is 7. The van der Waals surface area contributed by atoms with Crippen molar-refractivity contribution in [1.29, 1.82) is 0 Å². The fourth-order valence-electron chi connectivity index (χ4n) is 9.45. The number of Topliss-reactive ketones (excluding diaryl/α,β-unsaturated/α-hetero) is 1. The highest BCUT2D eigenvalue weighted by molar-refractivity contribution is 6.31. The molecule has 3 aliphatic rings. The van der Waals surface area contributed by atoms with Crippen molar-refractivity contribution in [3.8, 4) is 0 Å². The van der Waals surface area contributed by atoms with Gasteiger partial charge in [0.25, 0.3) is 0 Å². The summed E-state index contributed by atoms with van der Waals surface area (Å²) < 4.78 is 126. The average molecular weight is 1240 g/mol. The van der Waals surface area contributed by atoms with Gasteiger partial charge in [-0.15, -0.1) is 0 Å². The Morgan fingerprint density at radius 3 is 1.16 bits per heavy atom. The van der Waals surface area contributed by atoms with Crippen LogP contribution in [0.5, 0.6) is 0 Å². The molecule has 1 aromatic carbocycles. The molecule has 17 nitrogen and oxygen atoms in total. The van der Waals surface area contributed by atoms with Gasteiger partial charge in [0.05, 0.1) is 47.0 Å². The molecule has 0 radical (unpaired) electrons. The van der Waals surface area contributed by atoms with Crippen LogP contribution in [0.3, 0.4) is 0 Å². The molecule has 3 aliphatic carbocycles. The van der Waals surface area contributed by atoms with Gasteiger partial charge in [-0.25, -0.2) is 0 Å². The summed E-state index contributed by atoms with van der Waals surface area (Å²) in [7, 11) is 0. The number of aliphatic carboxylic acids is 1. The van der Waals surface area contributed by atoms with E-state index in [4.69, 9.17) is 48.6 Å². The lowest BCUT2D eigenvalue weighted by atomic mass is 9.91. The monoisotopic (exact) mass is 1240 g/mol. The zero-order valence-corrected chi connectivity index (χ0v) is 52.0. The molecule has 0 amide bonds. The molecule has 0 spiro atoms. The topological polar surface area (TPSA) is 237 Å². The number of hydrogen-bond acceptors (Lipinski definition) is 16. The smallest absolute Gasteiger partial charge is 0.366 e. The summed E-state index contributed by atoms with van der Waals surface area (Å²) in [6.45, 7) is 24.0. The molecule has 0 saturated heterocycles. The van der Waals surface area contributed by atoms with Crippen molar-refractivity contribution in [2.75, 3.05) is 0 Å². The maximum atomic E-state index is 15.4. The van der Waals surface area contributed by atoms with E-state index in [1.54, 1.807) is 20.8 Å². The van der Waals surface area contributed by atoms with E-state index >= 15 is 17.6 Å². The minimum Gasteiger partial charge on any atom is -0.481 e. The van der Waals surface area contributed by atoms with Crippen molar-refractivity contribution in [2.24, 2.45) is 0 Å². The Morgan fingerprint density at radius 2 is 0.862 bits per heavy atom. The number of nitrogens with zero attached hydrogens (tertiary/aromatic N) is 6. The molecule has 0 unspecified atom stereocenters. The van der Waals surface area contributed by atoms with Gasteiger partial charge < -0.3 is 37.0 Å². The molecule has 0 bridgehead atoms. The van der Waals surface area contributed by atoms with Crippen LogP contribution in [0.15, 0.2) is 63.5 Å². The first-order valence-electron chi connectivity index (χ1n) is 29.1. The second-order valence-corrected chi connectivity index (χ2v) is 27.3. The fourth-order valence-corrected chi connectivity index (χ4v) is 9.75. The minimum absolute atomic E-state index is 0.0381. The number of ketones is 1. The molecular formula is C63H75ClF6N6O11. The Hall–Kier alpha value is -7.04. The second kappa shape index (κ2) is 24.9. The highest BCUT2D eigenvalue weighted by Crippen LogP contribution is 2.52. The number of carboxylic acid groups (broad SMARTS) is 1. The largest absolute Gasteiger partial charge is 0.481 e. The zero-order valence-electron chi connectivity index (χ0n) is 51.2. The van der Waals surface area contributed by atoms with E-state index in [0.717, 1.165) is 49.7 Å². The van der Waals surface area contributed by atoms with Crippen molar-refractivity contribution in [1.82, 2.24) is 30.9 Å². The minimum atomic E-state index is -3.51. The molecule has 6 aromatic heterocycles. The number of carbonyl (C=O) groups excluding carboxylic acids is 2. The van der Waals surface area contributed by atoms with E-state index in [0.29, 0.717) is 50.2 Å². The van der Waals surface area contributed by atoms with Crippen LogP contribution >= 0.6 is 11.6 Å². The fraction of sp³-hybridized carbons (Fsp3) is 0.571. The van der Waals surface area contributed by atoms with E-state index in [2.05, 4.69) is 30.9 Å². The summed E-state index contributed by atoms with van der Waals surface area (Å²) in [4.78, 5) is 35.3. The number of benzene rings is 1. The van der Waals surface area contributed by atoms with Crippen molar-refractivity contribution in [3.63, 3.8) is 0 Å². The van der Waals surface area contributed by atoms with Crippen LogP contribution in [-0.4, -0.2) is 59.4 Å². The van der Waals surface area contributed by atoms with Crippen LogP contribution in [0.2, 0.25) is 5.02 Å². The number of aryl methyl sites for hydroxylation is 4. The maximum Gasteiger partial charge on any atom is 0.366 e. The van der Waals surface area contributed by atoms with Crippen LogP contribution in [0.25, 0.3) is 0 Å². The third-order valence-corrected chi connectivity index (χ3v) is 15.1. The molecule has 3 saturated carbocycles. The molecule has 6 heterocycles. The van der Waals surface area contributed by atoms with Crippen LogP contribution in [0.1, 0.15) is 255 Å². The van der Waals surface area contributed by atoms with Crippen LogP contribution in [0, 0.1) is 6.92 Å². The van der Waals surface area contributed by atoms with Gasteiger partial charge in [-0.2, -0.15) is 26.3 Å². The Bertz CT molecular complexity index is 3570. The normalized spacial score (nSPS) is 15.2. The third kappa shape index (κ3) is 16.0. The van der Waals surface area contributed by atoms with Gasteiger partial charge >= 0.3 is 29.7 Å². The zero-order chi connectivity index (χ0) is 64.0. The van der Waals surface area contributed by atoms with Crippen molar-refractivity contribution in [3.05, 3.63) is 138 Å². The van der Waals surface area contributed by atoms with Gasteiger partial charge in [0, 0.05) is 88.3 Å². The van der Waals surface area contributed by atoms with Gasteiger partial charge in [0.15, 0.2) is 0 Å². The van der Waals surface area contributed by atoms with E-state index < -0.39 is 86.1 Å². The molecule has 24 heteroatoms. The van der Waals surface area contributed by atoms with Crippen LogP contribution < -0.4 is 0 Å². The average Bonchev–Trinajstić information content (AvgIpc) is 1.67. The lowest BCUT2D eigenvalue weighted by molar-refractivity contribution is -0.154. The van der Waals surface area contributed by atoms with Gasteiger partial charge in [0.1, 0.15) is 11.4 Å². The van der Waals surface area contributed by atoms with Crippen molar-refractivity contribution in [2.45, 2.75) is 231 Å². The van der Waals surface area contributed by atoms with Crippen LogP contribution in [0.4, 0.5) is 26.3 Å². The number of ether oxygens (including phenoxy) is 1. The first kappa shape index (κ1) is 65.9. The maximum absolute atomic E-state index is 15.4. The van der Waals surface area contributed by atoms with Gasteiger partial charge in [-0.05, 0) is 101 Å². The molecule has 3 fully saturated rings. The van der Waals surface area contributed by atoms with Gasteiger partial charge in [-0.1, -0.05) is 117 Å². The van der Waals surface area contributed by atoms with Crippen molar-refractivity contribution >= 4 is 29.3 Å². The molecule has 472 valence electrons. The number of rotatable bonds is 20. The SMILES string of the molecule is CC(C)(C)OC(=O)CCc1noc(C(F)(F)c2cc(C(C)(C)C)no2)c1C1CC1.CC(C)(C)c1cc(C(F)(F)c2onc(CCC(=O)O)c2C2CC2)on1.Cc1ccc(CC(=O)CCc2noc(C(F)(F)c3cc(C(C)(C)C)no3)c2C2CC2)c(Cl)c1. The van der Waals surface area contributed by atoms with Crippen molar-refractivity contribution < 1.29 is 77.7 Å². The predicted octanol–water partition coefficient (Wildman–Crippen LogP) is 15.9. The molecule has 7 aromatic rings. The lowest BCUT2D eigenvalue weighted by Crippen LogP contribution is -2.24. The van der Waals surface area contributed by atoms with E-state index in [-0.39, 0.29) is 74.2 Å². The summed E-state index contributed by atoms with van der Waals surface area (Å²) in [5.41, 5.74) is 3.36. The number of carbonyl (C=O) groups is 3. The summed E-state index contributed by atoms with van der Waals surface area (Å²) in [5.74, 6) is -15.4. The highest BCUT2D eigenvalue weighted by atomic mass is 35.5. The Kier molecular flexibility index (Phi) is 18.8. The molecule has 87 heavy (non-hydrogen) atoms. The second-order valence-electron chi connectivity index (χ2n) is 26.9. The highest BCUT2D eigenvalue weighted by Gasteiger charge is 2.52. The molecule has 1 N–H and O–H groups in total. The molecule has 10 rings (SSSR count). The Balaban J connectivity index is 0.000000171. The van der Waals surface area contributed by atoms with E-state index in [9.17, 15) is 23.2 Å². The number of esters is 1. The summed E-state index contributed by atoms with van der Waals surface area (Å²) >= 11 is 6.23. The molecule has 0 atom stereocenters. The quantitative estimate of drug-likeness (QED) is 0.0551. The Morgan fingerprint density at radius 1 is 0.517 bits per heavy atom. The number of alkyl halides is 6. The summed E-state index contributed by atoms with van der Waals surface area (Å²) in [6.07, 6.45) is 5.35. The van der Waals surface area contributed by atoms with Crippen LogP contribution in [-0.2, 0) is 78.8 Å². The third-order valence-electron chi connectivity index (χ3n) is 14.8. The standard InChI is InChI=1S/C25H27ClF2N2O3.C21H28F2N2O4.C17H20F2N2O4/c1-14-5-6-16(18(26)11-14)12-17(31)9-10-19-22(15-7-8-15)23(33-29-19)25(27,28)21-13-20(30-32-21)24(2,3)4;1-19(2,3)14-11-15(28-25-14)21(22,23)18-17(12-7-8-12)13(24-29-18)9-10-16(26)27-20(4,5)6;1-16(2,3)11-8-12(24-21-11)17(18,19)15-14(9-4-5-9)10(20-25-15)6-7-13(22)23/h5-6,11,13,15H,7-10,12H2,1-4H3;11-12H,7-10H2,1-6H3;8-9H,4-7H2,1-3H3,(H,22,23).